The molecule has 6 heteroatoms. The summed E-state index contributed by atoms with van der Waals surface area (Å²) in [6, 6.07) is 1.74. The first kappa shape index (κ1) is 11.4. The van der Waals surface area contributed by atoms with Gasteiger partial charge in [0.15, 0.2) is 5.16 Å². The summed E-state index contributed by atoms with van der Waals surface area (Å²) in [6.45, 7) is 2.05. The van der Waals surface area contributed by atoms with Crippen LogP contribution in [0.5, 0.6) is 0 Å². The van der Waals surface area contributed by atoms with Crippen LogP contribution < -0.4 is 0 Å². The lowest BCUT2D eigenvalue weighted by Crippen LogP contribution is -2.03. The Morgan fingerprint density at radius 3 is 2.94 bits per heavy atom. The summed E-state index contributed by atoms with van der Waals surface area (Å²) in [7, 11) is 0. The van der Waals surface area contributed by atoms with Gasteiger partial charge in [-0.25, -0.2) is 15.0 Å². The molecule has 84 valence electrons. The van der Waals surface area contributed by atoms with Crippen molar-refractivity contribution in [3.63, 3.8) is 0 Å². The quantitative estimate of drug-likeness (QED) is 0.480. The van der Waals surface area contributed by atoms with E-state index in [1.54, 1.807) is 12.3 Å². The third-order valence-corrected chi connectivity index (χ3v) is 2.87. The van der Waals surface area contributed by atoms with Gasteiger partial charge in [-0.3, -0.25) is 4.57 Å². The van der Waals surface area contributed by atoms with Crippen molar-refractivity contribution >= 4 is 23.4 Å². The second-order valence-corrected chi connectivity index (χ2v) is 4.26. The summed E-state index contributed by atoms with van der Waals surface area (Å²) in [6.07, 6.45) is 6.41. The molecule has 2 aromatic rings. The van der Waals surface area contributed by atoms with Crippen LogP contribution in [0.2, 0.25) is 5.15 Å². The third kappa shape index (κ3) is 2.20. The first-order valence-electron chi connectivity index (χ1n) is 4.85. The Morgan fingerprint density at radius 1 is 1.44 bits per heavy atom. The zero-order valence-corrected chi connectivity index (χ0v) is 10.6. The number of halogens is 1. The van der Waals surface area contributed by atoms with Crippen LogP contribution in [0.3, 0.4) is 0 Å². The average molecular weight is 255 g/mol. The Morgan fingerprint density at radius 2 is 2.25 bits per heavy atom. The van der Waals surface area contributed by atoms with E-state index in [0.29, 0.717) is 10.3 Å². The summed E-state index contributed by atoms with van der Waals surface area (Å²) >= 11 is 7.41. The fourth-order valence-corrected chi connectivity index (χ4v) is 2.01. The van der Waals surface area contributed by atoms with Gasteiger partial charge in [0, 0.05) is 24.9 Å². The SMILES string of the molecule is CCc1nccn1-c1cc(Cl)nc(SC)n1. The van der Waals surface area contributed by atoms with Crippen LogP contribution in [0.25, 0.3) is 5.82 Å². The Labute approximate surface area is 103 Å². The molecule has 4 nitrogen and oxygen atoms in total. The smallest absolute Gasteiger partial charge is 0.190 e. The maximum Gasteiger partial charge on any atom is 0.190 e. The molecule has 0 radical (unpaired) electrons. The van der Waals surface area contributed by atoms with E-state index < -0.39 is 0 Å². The molecule has 0 unspecified atom stereocenters. The van der Waals surface area contributed by atoms with Crippen molar-refractivity contribution in [2.75, 3.05) is 6.26 Å². The van der Waals surface area contributed by atoms with Crippen molar-refractivity contribution in [2.24, 2.45) is 0 Å². The molecule has 0 saturated carbocycles. The minimum Gasteiger partial charge on any atom is -0.288 e. The average Bonchev–Trinajstić information content (AvgIpc) is 2.76. The van der Waals surface area contributed by atoms with Crippen LogP contribution in [0.4, 0.5) is 0 Å². The van der Waals surface area contributed by atoms with Gasteiger partial charge in [0.05, 0.1) is 0 Å². The number of aromatic nitrogens is 4. The number of imidazole rings is 1. The minimum absolute atomic E-state index is 0.449. The highest BCUT2D eigenvalue weighted by Crippen LogP contribution is 2.17. The van der Waals surface area contributed by atoms with Crippen LogP contribution in [-0.2, 0) is 6.42 Å². The van der Waals surface area contributed by atoms with Gasteiger partial charge in [-0.05, 0) is 6.26 Å². The van der Waals surface area contributed by atoms with Gasteiger partial charge in [-0.2, -0.15) is 0 Å². The fourth-order valence-electron chi connectivity index (χ4n) is 1.40. The fraction of sp³-hybridized carbons (Fsp3) is 0.300. The summed E-state index contributed by atoms with van der Waals surface area (Å²) in [5.41, 5.74) is 0. The van der Waals surface area contributed by atoms with Crippen molar-refractivity contribution in [1.29, 1.82) is 0 Å². The van der Waals surface area contributed by atoms with E-state index in [1.165, 1.54) is 11.8 Å². The molecular weight excluding hydrogens is 244 g/mol. The highest BCUT2D eigenvalue weighted by atomic mass is 35.5. The van der Waals surface area contributed by atoms with Crippen LogP contribution in [-0.4, -0.2) is 25.8 Å². The van der Waals surface area contributed by atoms with Crippen LogP contribution in [0.15, 0.2) is 23.6 Å². The van der Waals surface area contributed by atoms with Gasteiger partial charge in [0.1, 0.15) is 16.8 Å². The number of aryl methyl sites for hydroxylation is 1. The highest BCUT2D eigenvalue weighted by Gasteiger charge is 2.07. The zero-order valence-electron chi connectivity index (χ0n) is 9.01. The monoisotopic (exact) mass is 254 g/mol. The van der Waals surface area contributed by atoms with E-state index in [2.05, 4.69) is 21.9 Å². The number of rotatable bonds is 3. The summed E-state index contributed by atoms with van der Waals surface area (Å²) < 4.78 is 1.92. The number of nitrogens with zero attached hydrogens (tertiary/aromatic N) is 4. The normalized spacial score (nSPS) is 10.7. The van der Waals surface area contributed by atoms with E-state index in [0.717, 1.165) is 18.1 Å². The van der Waals surface area contributed by atoms with E-state index >= 15 is 0 Å². The van der Waals surface area contributed by atoms with Gasteiger partial charge < -0.3 is 0 Å². The second kappa shape index (κ2) is 4.84. The molecule has 0 saturated heterocycles. The number of hydrogen-bond acceptors (Lipinski definition) is 4. The lowest BCUT2D eigenvalue weighted by Gasteiger charge is -2.06. The van der Waals surface area contributed by atoms with Crippen molar-refractivity contribution in [2.45, 2.75) is 18.5 Å². The molecule has 0 N–H and O–H groups in total. The Balaban J connectivity index is 2.51. The van der Waals surface area contributed by atoms with Crippen molar-refractivity contribution in [3.05, 3.63) is 29.4 Å². The van der Waals surface area contributed by atoms with Crippen LogP contribution in [0.1, 0.15) is 12.7 Å². The summed E-state index contributed by atoms with van der Waals surface area (Å²) in [5, 5.41) is 1.11. The Bertz CT molecular complexity index is 497. The van der Waals surface area contributed by atoms with E-state index in [1.807, 2.05) is 17.0 Å². The summed E-state index contributed by atoms with van der Waals surface area (Å²) in [5.74, 6) is 1.72. The van der Waals surface area contributed by atoms with E-state index in [-0.39, 0.29) is 0 Å². The molecule has 0 amide bonds. The highest BCUT2D eigenvalue weighted by molar-refractivity contribution is 7.98. The van der Waals surface area contributed by atoms with Gasteiger partial charge in [-0.1, -0.05) is 30.3 Å². The topological polar surface area (TPSA) is 43.6 Å². The van der Waals surface area contributed by atoms with Gasteiger partial charge in [0.2, 0.25) is 0 Å². The molecule has 0 fully saturated rings. The first-order valence-corrected chi connectivity index (χ1v) is 6.46. The molecule has 0 aromatic carbocycles. The predicted molar refractivity (Wildman–Crippen MR) is 65.3 cm³/mol. The first-order chi connectivity index (χ1) is 7.74. The Hall–Kier alpha value is -1.07. The predicted octanol–water partition coefficient (Wildman–Crippen LogP) is 2.60. The van der Waals surface area contributed by atoms with Gasteiger partial charge in [0.25, 0.3) is 0 Å². The molecule has 0 aliphatic rings. The molecule has 2 rings (SSSR count). The zero-order chi connectivity index (χ0) is 11.5. The molecule has 0 aliphatic heterocycles. The summed E-state index contributed by atoms with van der Waals surface area (Å²) in [4.78, 5) is 12.7. The van der Waals surface area contributed by atoms with E-state index in [9.17, 15) is 0 Å². The van der Waals surface area contributed by atoms with Gasteiger partial charge in [-0.15, -0.1) is 0 Å². The Kier molecular flexibility index (Phi) is 3.46. The molecule has 0 spiro atoms. The molecule has 0 aliphatic carbocycles. The number of hydrogen-bond donors (Lipinski definition) is 0. The lowest BCUT2D eigenvalue weighted by molar-refractivity contribution is 0.831. The molecular formula is C10H11ClN4S. The molecule has 0 bridgehead atoms. The van der Waals surface area contributed by atoms with E-state index in [4.69, 9.17) is 11.6 Å². The molecule has 2 heterocycles. The second-order valence-electron chi connectivity index (χ2n) is 3.10. The lowest BCUT2D eigenvalue weighted by atomic mass is 10.4. The standard InChI is InChI=1S/C10H11ClN4S/c1-3-8-12-4-5-15(8)9-6-7(11)13-10(14-9)16-2/h4-6H,3H2,1-2H3. The van der Waals surface area contributed by atoms with Crippen LogP contribution >= 0.6 is 23.4 Å². The molecule has 16 heavy (non-hydrogen) atoms. The van der Waals surface area contributed by atoms with Crippen molar-refractivity contribution < 1.29 is 0 Å². The van der Waals surface area contributed by atoms with Gasteiger partial charge >= 0.3 is 0 Å². The van der Waals surface area contributed by atoms with Crippen LogP contribution in [0, 0.1) is 0 Å². The minimum atomic E-state index is 0.449. The molecule has 0 atom stereocenters. The third-order valence-electron chi connectivity index (χ3n) is 2.12. The van der Waals surface area contributed by atoms with Crippen molar-refractivity contribution in [3.8, 4) is 5.82 Å². The van der Waals surface area contributed by atoms with Crippen molar-refractivity contribution in [1.82, 2.24) is 19.5 Å². The molecule has 2 aromatic heterocycles. The number of thioether (sulfide) groups is 1. The largest absolute Gasteiger partial charge is 0.288 e. The maximum absolute atomic E-state index is 5.94. The maximum atomic E-state index is 5.94.